The molecule has 28 heavy (non-hydrogen) atoms. The molecule has 2 rings (SSSR count). The smallest absolute Gasteiger partial charge is 0.191 e. The molecule has 1 aliphatic heterocycles. The van der Waals surface area contributed by atoms with Gasteiger partial charge in [0.15, 0.2) is 5.96 Å². The molecule has 0 bridgehead atoms. The number of halogens is 1. The predicted octanol–water partition coefficient (Wildman–Crippen LogP) is 4.24. The third-order valence-electron chi connectivity index (χ3n) is 5.20. The molecule has 162 valence electrons. The minimum atomic E-state index is 0. The number of nitrogens with one attached hydrogen (secondary N) is 2. The summed E-state index contributed by atoms with van der Waals surface area (Å²) in [6.45, 7) is 16.3. The molecule has 0 spiro atoms. The molecule has 2 heterocycles. The van der Waals surface area contributed by atoms with E-state index in [4.69, 9.17) is 14.3 Å². The highest BCUT2D eigenvalue weighted by Gasteiger charge is 2.35. The van der Waals surface area contributed by atoms with Crippen LogP contribution in [0.4, 0.5) is 0 Å². The van der Waals surface area contributed by atoms with Gasteiger partial charge < -0.3 is 19.9 Å². The quantitative estimate of drug-likeness (QED) is 0.251. The predicted molar refractivity (Wildman–Crippen MR) is 126 cm³/mol. The van der Waals surface area contributed by atoms with Gasteiger partial charge >= 0.3 is 0 Å². The number of hydrogen-bond acceptors (Lipinski definition) is 4. The van der Waals surface area contributed by atoms with Crippen LogP contribution >= 0.6 is 24.0 Å². The summed E-state index contributed by atoms with van der Waals surface area (Å²) in [7, 11) is 0. The van der Waals surface area contributed by atoms with E-state index in [1.807, 2.05) is 13.8 Å². The van der Waals surface area contributed by atoms with Gasteiger partial charge in [-0.2, -0.15) is 0 Å². The topological polar surface area (TPSA) is 71.7 Å². The van der Waals surface area contributed by atoms with E-state index in [1.165, 1.54) is 12.0 Å². The maximum absolute atomic E-state index is 6.08. The number of nitrogens with zero attached hydrogens (tertiary/aromatic N) is 2. The van der Waals surface area contributed by atoms with Gasteiger partial charge in [0.2, 0.25) is 0 Å². The van der Waals surface area contributed by atoms with Crippen molar-refractivity contribution < 1.29 is 9.26 Å². The van der Waals surface area contributed by atoms with Crippen LogP contribution in [0.3, 0.4) is 0 Å². The van der Waals surface area contributed by atoms with Gasteiger partial charge in [-0.3, -0.25) is 4.99 Å². The molecule has 1 fully saturated rings. The van der Waals surface area contributed by atoms with Crippen LogP contribution in [0.15, 0.2) is 9.52 Å². The fraction of sp³-hybridized carbons (Fsp3) is 0.810. The number of rotatable bonds is 7. The van der Waals surface area contributed by atoms with Crippen LogP contribution in [0, 0.1) is 25.2 Å². The third kappa shape index (κ3) is 7.54. The summed E-state index contributed by atoms with van der Waals surface area (Å²) in [5.41, 5.74) is 2.38. The summed E-state index contributed by atoms with van der Waals surface area (Å²) in [5.74, 6) is 2.31. The molecule has 1 saturated heterocycles. The molecule has 0 aliphatic carbocycles. The maximum Gasteiger partial charge on any atom is 0.191 e. The Kier molecular flexibility index (Phi) is 10.8. The molecule has 0 aromatic carbocycles. The molecule has 0 amide bonds. The molecule has 1 aliphatic rings. The van der Waals surface area contributed by atoms with Crippen molar-refractivity contribution in [2.45, 2.75) is 73.3 Å². The summed E-state index contributed by atoms with van der Waals surface area (Å²) in [5, 5.41) is 10.8. The van der Waals surface area contributed by atoms with Gasteiger partial charge in [-0.15, -0.1) is 24.0 Å². The number of ether oxygens (including phenoxy) is 1. The lowest BCUT2D eigenvalue weighted by molar-refractivity contribution is -0.0823. The number of hydrogen-bond donors (Lipinski definition) is 2. The van der Waals surface area contributed by atoms with E-state index >= 15 is 0 Å². The SMILES string of the molecule is CCNC(=NCC1CCCOC1C(C)(C)C)NCCCc1c(C)noc1C.I. The molecule has 2 unspecified atom stereocenters. The highest BCUT2D eigenvalue weighted by atomic mass is 127. The lowest BCUT2D eigenvalue weighted by atomic mass is 9.78. The van der Waals surface area contributed by atoms with Crippen molar-refractivity contribution in [1.82, 2.24) is 15.8 Å². The van der Waals surface area contributed by atoms with Gasteiger partial charge in [-0.25, -0.2) is 0 Å². The molecule has 7 heteroatoms. The summed E-state index contributed by atoms with van der Waals surface area (Å²) in [4.78, 5) is 4.85. The van der Waals surface area contributed by atoms with Crippen molar-refractivity contribution in [3.8, 4) is 0 Å². The summed E-state index contributed by atoms with van der Waals surface area (Å²) < 4.78 is 11.3. The molecule has 1 aromatic heterocycles. The number of aromatic nitrogens is 1. The molecule has 6 nitrogen and oxygen atoms in total. The van der Waals surface area contributed by atoms with E-state index in [9.17, 15) is 0 Å². The van der Waals surface area contributed by atoms with E-state index in [0.717, 1.165) is 62.9 Å². The van der Waals surface area contributed by atoms with Crippen molar-refractivity contribution in [2.24, 2.45) is 16.3 Å². The molecular weight excluding hydrogens is 467 g/mol. The van der Waals surface area contributed by atoms with E-state index in [1.54, 1.807) is 0 Å². The molecule has 2 atom stereocenters. The van der Waals surface area contributed by atoms with E-state index in [0.29, 0.717) is 5.92 Å². The number of guanidine groups is 1. The highest BCUT2D eigenvalue weighted by Crippen LogP contribution is 2.34. The minimum Gasteiger partial charge on any atom is -0.377 e. The van der Waals surface area contributed by atoms with Crippen molar-refractivity contribution in [3.63, 3.8) is 0 Å². The van der Waals surface area contributed by atoms with Gasteiger partial charge in [0.1, 0.15) is 5.76 Å². The number of aliphatic imine (C=N–C) groups is 1. The monoisotopic (exact) mass is 506 g/mol. The first-order valence-corrected chi connectivity index (χ1v) is 10.4. The maximum atomic E-state index is 6.08. The van der Waals surface area contributed by atoms with Crippen LogP contribution < -0.4 is 10.6 Å². The minimum absolute atomic E-state index is 0. The van der Waals surface area contributed by atoms with Crippen LogP contribution in [0.25, 0.3) is 0 Å². The fourth-order valence-corrected chi connectivity index (χ4v) is 3.87. The summed E-state index contributed by atoms with van der Waals surface area (Å²) in [6.07, 6.45) is 4.59. The van der Waals surface area contributed by atoms with Gasteiger partial charge in [0, 0.05) is 37.7 Å². The van der Waals surface area contributed by atoms with E-state index in [2.05, 4.69) is 43.5 Å². The Labute approximate surface area is 187 Å². The fourth-order valence-electron chi connectivity index (χ4n) is 3.87. The zero-order chi connectivity index (χ0) is 19.9. The van der Waals surface area contributed by atoms with Crippen LogP contribution in [-0.4, -0.2) is 43.5 Å². The van der Waals surface area contributed by atoms with Crippen molar-refractivity contribution in [3.05, 3.63) is 17.0 Å². The van der Waals surface area contributed by atoms with Crippen LogP contribution in [0.2, 0.25) is 0 Å². The second-order valence-corrected chi connectivity index (χ2v) is 8.61. The lowest BCUT2D eigenvalue weighted by Crippen LogP contribution is -2.43. The van der Waals surface area contributed by atoms with Crippen LogP contribution in [0.1, 0.15) is 64.0 Å². The van der Waals surface area contributed by atoms with Crippen LogP contribution in [-0.2, 0) is 11.2 Å². The second-order valence-electron chi connectivity index (χ2n) is 8.61. The Hall–Kier alpha value is -0.830. The second kappa shape index (κ2) is 12.0. The van der Waals surface area contributed by atoms with Gasteiger partial charge in [-0.1, -0.05) is 25.9 Å². The van der Waals surface area contributed by atoms with Crippen molar-refractivity contribution in [2.75, 3.05) is 26.2 Å². The first kappa shape index (κ1) is 25.2. The number of aryl methyl sites for hydroxylation is 2. The van der Waals surface area contributed by atoms with E-state index in [-0.39, 0.29) is 35.5 Å². The summed E-state index contributed by atoms with van der Waals surface area (Å²) in [6, 6.07) is 0. The Balaban J connectivity index is 0.00000392. The molecule has 0 radical (unpaired) electrons. The zero-order valence-corrected chi connectivity index (χ0v) is 20.8. The third-order valence-corrected chi connectivity index (χ3v) is 5.20. The van der Waals surface area contributed by atoms with Crippen molar-refractivity contribution in [1.29, 1.82) is 0 Å². The van der Waals surface area contributed by atoms with E-state index < -0.39 is 0 Å². The first-order valence-electron chi connectivity index (χ1n) is 10.4. The standard InChI is InChI=1S/C21H38N4O2.HI/c1-7-22-20(23-12-8-11-18-15(2)25-27-16(18)3)24-14-17-10-9-13-26-19(17)21(4,5)6;/h17,19H,7-14H2,1-6H3,(H2,22,23,24);1H. The molecular formula is C21H39IN4O2. The largest absolute Gasteiger partial charge is 0.377 e. The average Bonchev–Trinajstić information content (AvgIpc) is 2.94. The average molecular weight is 506 g/mol. The molecule has 2 N–H and O–H groups in total. The highest BCUT2D eigenvalue weighted by molar-refractivity contribution is 14.0. The first-order chi connectivity index (χ1) is 12.8. The van der Waals surface area contributed by atoms with Gasteiger partial charge in [-0.05, 0) is 51.9 Å². The van der Waals surface area contributed by atoms with Crippen LogP contribution in [0.5, 0.6) is 0 Å². The van der Waals surface area contributed by atoms with Gasteiger partial charge in [0.25, 0.3) is 0 Å². The Bertz CT molecular complexity index is 591. The summed E-state index contributed by atoms with van der Waals surface area (Å²) >= 11 is 0. The van der Waals surface area contributed by atoms with Crippen molar-refractivity contribution >= 4 is 29.9 Å². The normalized spacial score (nSPS) is 20.6. The zero-order valence-electron chi connectivity index (χ0n) is 18.4. The Morgan fingerprint density at radius 2 is 2.00 bits per heavy atom. The molecule has 1 aromatic rings. The van der Waals surface area contributed by atoms with Gasteiger partial charge in [0.05, 0.1) is 11.8 Å². The molecule has 0 saturated carbocycles. The Morgan fingerprint density at radius 3 is 2.61 bits per heavy atom. The Morgan fingerprint density at radius 1 is 1.25 bits per heavy atom. The lowest BCUT2D eigenvalue weighted by Gasteiger charge is -2.39.